The van der Waals surface area contributed by atoms with Crippen LogP contribution in [-0.4, -0.2) is 113 Å². The minimum absolute atomic E-state index is 0.0184. The molecule has 1 aromatic carbocycles. The van der Waals surface area contributed by atoms with E-state index in [0.717, 1.165) is 44.1 Å². The Morgan fingerprint density at radius 3 is 2.48 bits per heavy atom. The number of carbonyl (C=O) groups excluding carboxylic acids is 4. The molecule has 0 spiro atoms. The molecule has 1 aromatic heterocycles. The van der Waals surface area contributed by atoms with Crippen molar-refractivity contribution < 1.29 is 38.6 Å². The van der Waals surface area contributed by atoms with Crippen LogP contribution in [0, 0.1) is 12.8 Å². The summed E-state index contributed by atoms with van der Waals surface area (Å²) in [5, 5.41) is 13.1. The van der Waals surface area contributed by atoms with E-state index in [9.17, 15) is 29.1 Å². The van der Waals surface area contributed by atoms with Gasteiger partial charge >= 0.3 is 12.1 Å². The van der Waals surface area contributed by atoms with Gasteiger partial charge in [0.1, 0.15) is 17.5 Å². The lowest BCUT2D eigenvalue weighted by atomic mass is 9.85. The molecular formula is C33H43N5O8. The lowest BCUT2D eigenvalue weighted by molar-refractivity contribution is -0.150. The van der Waals surface area contributed by atoms with Crippen molar-refractivity contribution in [3.8, 4) is 5.75 Å². The van der Waals surface area contributed by atoms with E-state index in [1.165, 1.54) is 11.0 Å². The average Bonchev–Trinajstić information content (AvgIpc) is 3.46. The maximum Gasteiger partial charge on any atom is 0.409 e. The largest absolute Gasteiger partial charge is 0.483 e. The summed E-state index contributed by atoms with van der Waals surface area (Å²) in [6.07, 6.45) is 5.49. The Bertz CT molecular complexity index is 1470. The number of ether oxygens (including phenoxy) is 2. The Morgan fingerprint density at radius 2 is 1.74 bits per heavy atom. The quantitative estimate of drug-likeness (QED) is 0.374. The zero-order chi connectivity index (χ0) is 32.8. The van der Waals surface area contributed by atoms with Crippen LogP contribution in [0.15, 0.2) is 24.3 Å². The van der Waals surface area contributed by atoms with Gasteiger partial charge in [-0.3, -0.25) is 14.4 Å². The van der Waals surface area contributed by atoms with Gasteiger partial charge in [-0.1, -0.05) is 32.3 Å². The fourth-order valence-electron chi connectivity index (χ4n) is 6.69. The standard InChI is InChI=1S/C33H43N5O8/c1-3-4-15-45-33(44)37-13-11-36(12-14-37)29(39)19-34-31(41)25-18-28(23-10-9-21(2)16-24(23)35-25)46-20-30(40)38-26-8-6-5-7-22(26)17-27(38)32(42)43/h9-10,16,18,22,26-27H,3-8,11-15,17,19-20H2,1-2H3,(H,34,41)(H,42,43)/t22?,26?,27-/m1/s1. The number of rotatable bonds is 10. The van der Waals surface area contributed by atoms with E-state index in [1.807, 2.05) is 19.9 Å². The number of fused-ring (bicyclic) bond motifs is 2. The van der Waals surface area contributed by atoms with Gasteiger partial charge in [0.15, 0.2) is 6.61 Å². The van der Waals surface area contributed by atoms with Gasteiger partial charge in [-0.2, -0.15) is 0 Å². The van der Waals surface area contributed by atoms with Crippen molar-refractivity contribution >= 4 is 40.7 Å². The van der Waals surface area contributed by atoms with Crippen molar-refractivity contribution in [3.63, 3.8) is 0 Å². The molecule has 1 saturated carbocycles. The number of carboxylic acid groups (broad SMARTS) is 1. The van der Waals surface area contributed by atoms with Crippen LogP contribution >= 0.6 is 0 Å². The number of nitrogens with one attached hydrogen (secondary N) is 1. The van der Waals surface area contributed by atoms with Gasteiger partial charge in [-0.05, 0) is 56.2 Å². The van der Waals surface area contributed by atoms with Gasteiger partial charge < -0.3 is 34.6 Å². The number of amides is 4. The molecule has 0 radical (unpaired) electrons. The number of likely N-dealkylation sites (tertiary alicyclic amines) is 1. The van der Waals surface area contributed by atoms with Crippen LogP contribution < -0.4 is 10.1 Å². The normalized spacial score (nSPS) is 21.1. The van der Waals surface area contributed by atoms with Crippen molar-refractivity contribution in [2.75, 3.05) is 45.9 Å². The van der Waals surface area contributed by atoms with Crippen molar-refractivity contribution in [2.24, 2.45) is 5.92 Å². The Labute approximate surface area is 268 Å². The molecule has 2 N–H and O–H groups in total. The van der Waals surface area contributed by atoms with Crippen molar-refractivity contribution in [1.82, 2.24) is 25.0 Å². The smallest absolute Gasteiger partial charge is 0.409 e. The summed E-state index contributed by atoms with van der Waals surface area (Å²) in [6.45, 7) is 5.01. The van der Waals surface area contributed by atoms with Crippen LogP contribution in [0.25, 0.3) is 10.9 Å². The number of hydrogen-bond acceptors (Lipinski definition) is 8. The molecule has 3 heterocycles. The van der Waals surface area contributed by atoms with Crippen molar-refractivity contribution in [1.29, 1.82) is 0 Å². The second kappa shape index (κ2) is 14.8. The van der Waals surface area contributed by atoms with Crippen molar-refractivity contribution in [3.05, 3.63) is 35.5 Å². The summed E-state index contributed by atoms with van der Waals surface area (Å²) < 4.78 is 11.2. The topological polar surface area (TPSA) is 159 Å². The van der Waals surface area contributed by atoms with Gasteiger partial charge in [0.2, 0.25) is 5.91 Å². The summed E-state index contributed by atoms with van der Waals surface area (Å²) in [7, 11) is 0. The average molecular weight is 638 g/mol. The lowest BCUT2D eigenvalue weighted by Crippen LogP contribution is -2.52. The molecule has 46 heavy (non-hydrogen) atoms. The van der Waals surface area contributed by atoms with E-state index in [1.54, 1.807) is 21.9 Å². The molecule has 3 atom stereocenters. The van der Waals surface area contributed by atoms with Crippen LogP contribution in [0.1, 0.15) is 67.9 Å². The number of aromatic nitrogens is 1. The summed E-state index contributed by atoms with van der Waals surface area (Å²) in [5.41, 5.74) is 1.41. The number of aryl methyl sites for hydroxylation is 1. The highest BCUT2D eigenvalue weighted by Crippen LogP contribution is 2.40. The fourth-order valence-corrected chi connectivity index (χ4v) is 6.69. The number of pyridine rings is 1. The number of hydrogen-bond donors (Lipinski definition) is 2. The number of piperazine rings is 1. The van der Waals surface area contributed by atoms with Gasteiger partial charge in [0.25, 0.3) is 11.8 Å². The van der Waals surface area contributed by atoms with Crippen LogP contribution in [0.4, 0.5) is 4.79 Å². The first-order valence-electron chi connectivity index (χ1n) is 16.2. The first kappa shape index (κ1) is 33.0. The summed E-state index contributed by atoms with van der Waals surface area (Å²) in [5.74, 6) is -1.83. The highest BCUT2D eigenvalue weighted by Gasteiger charge is 2.47. The minimum Gasteiger partial charge on any atom is -0.483 e. The van der Waals surface area contributed by atoms with Gasteiger partial charge in [-0.15, -0.1) is 0 Å². The molecule has 2 aliphatic heterocycles. The van der Waals surface area contributed by atoms with Crippen LogP contribution in [0.3, 0.4) is 0 Å². The summed E-state index contributed by atoms with van der Waals surface area (Å²) >= 11 is 0. The molecule has 2 unspecified atom stereocenters. The van der Waals surface area contributed by atoms with E-state index in [0.29, 0.717) is 50.1 Å². The highest BCUT2D eigenvalue weighted by molar-refractivity contribution is 5.99. The molecular weight excluding hydrogens is 594 g/mol. The predicted molar refractivity (Wildman–Crippen MR) is 167 cm³/mol. The zero-order valence-corrected chi connectivity index (χ0v) is 26.5. The third kappa shape index (κ3) is 7.51. The van der Waals surface area contributed by atoms with Gasteiger partial charge in [0.05, 0.1) is 18.7 Å². The Kier molecular flexibility index (Phi) is 10.6. The Balaban J connectivity index is 1.22. The first-order chi connectivity index (χ1) is 22.2. The summed E-state index contributed by atoms with van der Waals surface area (Å²) in [6, 6.07) is 5.93. The van der Waals surface area contributed by atoms with E-state index < -0.39 is 23.8 Å². The van der Waals surface area contributed by atoms with Gasteiger partial charge in [0, 0.05) is 43.7 Å². The zero-order valence-electron chi connectivity index (χ0n) is 26.5. The second-order valence-corrected chi connectivity index (χ2v) is 12.3. The van der Waals surface area contributed by atoms with E-state index in [2.05, 4.69) is 10.3 Å². The first-order valence-corrected chi connectivity index (χ1v) is 16.2. The van der Waals surface area contributed by atoms with Crippen LogP contribution in [0.5, 0.6) is 5.75 Å². The number of carbonyl (C=O) groups is 5. The molecule has 5 rings (SSSR count). The second-order valence-electron chi connectivity index (χ2n) is 12.3. The van der Waals surface area contributed by atoms with Crippen LogP contribution in [0.2, 0.25) is 0 Å². The number of aliphatic carboxylic acids is 1. The molecule has 0 bridgehead atoms. The monoisotopic (exact) mass is 637 g/mol. The Morgan fingerprint density at radius 1 is 1.00 bits per heavy atom. The molecule has 2 aromatic rings. The van der Waals surface area contributed by atoms with E-state index in [-0.39, 0.29) is 48.6 Å². The fraction of sp³-hybridized carbons (Fsp3) is 0.576. The molecule has 3 fully saturated rings. The maximum atomic E-state index is 13.4. The summed E-state index contributed by atoms with van der Waals surface area (Å²) in [4.78, 5) is 72.8. The number of nitrogens with zero attached hydrogens (tertiary/aromatic N) is 4. The van der Waals surface area contributed by atoms with Crippen LogP contribution in [-0.2, 0) is 19.1 Å². The predicted octanol–water partition coefficient (Wildman–Crippen LogP) is 2.98. The lowest BCUT2D eigenvalue weighted by Gasteiger charge is -2.34. The number of unbranched alkanes of at least 4 members (excludes halogenated alkanes) is 1. The molecule has 13 heteroatoms. The van der Waals surface area contributed by atoms with Crippen molar-refractivity contribution in [2.45, 2.75) is 70.9 Å². The molecule has 3 aliphatic rings. The number of benzene rings is 1. The van der Waals surface area contributed by atoms with E-state index >= 15 is 0 Å². The molecule has 248 valence electrons. The molecule has 2 saturated heterocycles. The molecule has 1 aliphatic carbocycles. The highest BCUT2D eigenvalue weighted by atomic mass is 16.6. The molecule has 13 nitrogen and oxygen atoms in total. The Hall–Kier alpha value is -4.42. The SMILES string of the molecule is CCCCOC(=O)N1CCN(C(=O)CNC(=O)c2cc(OCC(=O)N3C4CCCCC4C[C@@H]3C(=O)O)c3ccc(C)cc3n2)CC1. The van der Waals surface area contributed by atoms with E-state index in [4.69, 9.17) is 9.47 Å². The molecule has 4 amide bonds. The third-order valence-electron chi connectivity index (χ3n) is 9.19. The maximum absolute atomic E-state index is 13.4. The third-order valence-corrected chi connectivity index (χ3v) is 9.19. The number of carboxylic acids is 1. The minimum atomic E-state index is -1.01. The van der Waals surface area contributed by atoms with Gasteiger partial charge in [-0.25, -0.2) is 14.6 Å².